The predicted octanol–water partition coefficient (Wildman–Crippen LogP) is 2.04. The summed E-state index contributed by atoms with van der Waals surface area (Å²) in [6, 6.07) is 10.8. The van der Waals surface area contributed by atoms with Crippen molar-refractivity contribution in [2.24, 2.45) is 0 Å². The monoisotopic (exact) mass is 228 g/mol. The third-order valence-electron chi connectivity index (χ3n) is 2.16. The molecular formula is C10H12S3. The summed E-state index contributed by atoms with van der Waals surface area (Å²) in [5.74, 6) is 0. The first-order valence-corrected chi connectivity index (χ1v) is 7.41. The lowest BCUT2D eigenvalue weighted by molar-refractivity contribution is 0.880. The van der Waals surface area contributed by atoms with Gasteiger partial charge in [-0.3, -0.25) is 0 Å². The Labute approximate surface area is 90.9 Å². The lowest BCUT2D eigenvalue weighted by atomic mass is 10.1. The van der Waals surface area contributed by atoms with Crippen molar-refractivity contribution >= 4 is 38.2 Å². The minimum Gasteiger partial charge on any atom is -0.171 e. The number of thiocarbonyl (C=S) groups is 1. The Kier molecular flexibility index (Phi) is 3.30. The summed E-state index contributed by atoms with van der Waals surface area (Å²) < 4.78 is 0. The fraction of sp³-hybridized carbons (Fsp3) is 0.300. The van der Waals surface area contributed by atoms with Crippen molar-refractivity contribution in [2.45, 2.75) is 16.9 Å². The van der Waals surface area contributed by atoms with Gasteiger partial charge in [-0.25, -0.2) is 0 Å². The summed E-state index contributed by atoms with van der Waals surface area (Å²) in [5, 5.41) is 3.28. The molecule has 0 saturated heterocycles. The van der Waals surface area contributed by atoms with Gasteiger partial charge in [-0.15, -0.1) is 0 Å². The van der Waals surface area contributed by atoms with Gasteiger partial charge in [0.2, 0.25) is 0 Å². The van der Waals surface area contributed by atoms with Crippen LogP contribution in [0, 0.1) is 0 Å². The molecule has 0 aliphatic carbocycles. The molecule has 13 heavy (non-hydrogen) atoms. The SMILES string of the molecule is S=CC1CC(c2ccccc2)[SH]=[SH]1. The lowest BCUT2D eigenvalue weighted by Crippen LogP contribution is -2.03. The fourth-order valence-electron chi connectivity index (χ4n) is 1.45. The second-order valence-electron chi connectivity index (χ2n) is 3.10. The van der Waals surface area contributed by atoms with Gasteiger partial charge in [-0.05, 0) is 17.4 Å². The van der Waals surface area contributed by atoms with E-state index in [0.29, 0.717) is 10.5 Å². The Bertz CT molecular complexity index is 318. The molecule has 0 spiro atoms. The van der Waals surface area contributed by atoms with Crippen LogP contribution in [0.1, 0.15) is 17.2 Å². The number of rotatable bonds is 2. The first-order chi connectivity index (χ1) is 6.40. The van der Waals surface area contributed by atoms with Crippen molar-refractivity contribution in [3.8, 4) is 0 Å². The third kappa shape index (κ3) is 2.27. The second-order valence-corrected chi connectivity index (χ2v) is 6.50. The van der Waals surface area contributed by atoms with Crippen LogP contribution in [-0.4, -0.2) is 10.6 Å². The molecule has 0 fully saturated rings. The third-order valence-corrected chi connectivity index (χ3v) is 6.39. The highest BCUT2D eigenvalue weighted by atomic mass is 32.8. The zero-order valence-electron chi connectivity index (χ0n) is 7.13. The van der Waals surface area contributed by atoms with Gasteiger partial charge in [0.25, 0.3) is 0 Å². The number of benzene rings is 1. The van der Waals surface area contributed by atoms with Crippen molar-refractivity contribution < 1.29 is 0 Å². The minimum atomic E-state index is 0.641. The molecule has 0 saturated carbocycles. The first kappa shape index (κ1) is 9.56. The van der Waals surface area contributed by atoms with Gasteiger partial charge in [-0.2, -0.15) is 20.6 Å². The van der Waals surface area contributed by atoms with E-state index in [2.05, 4.69) is 30.3 Å². The molecule has 1 heterocycles. The fourth-order valence-corrected chi connectivity index (χ4v) is 5.66. The average molecular weight is 228 g/mol. The van der Waals surface area contributed by atoms with Gasteiger partial charge in [0.15, 0.2) is 0 Å². The Morgan fingerprint density at radius 2 is 2.00 bits per heavy atom. The van der Waals surface area contributed by atoms with Crippen LogP contribution < -0.4 is 0 Å². The Hall–Kier alpha value is 0.01000. The molecule has 70 valence electrons. The molecule has 2 rings (SSSR count). The van der Waals surface area contributed by atoms with Gasteiger partial charge >= 0.3 is 0 Å². The smallest absolute Gasteiger partial charge is 0.0314 e. The van der Waals surface area contributed by atoms with E-state index >= 15 is 0 Å². The molecule has 1 aromatic rings. The van der Waals surface area contributed by atoms with Crippen LogP contribution in [0.5, 0.6) is 0 Å². The first-order valence-electron chi connectivity index (χ1n) is 4.30. The summed E-state index contributed by atoms with van der Waals surface area (Å²) >= 11 is 4.98. The molecule has 0 N–H and O–H groups in total. The van der Waals surface area contributed by atoms with E-state index in [4.69, 9.17) is 12.2 Å². The summed E-state index contributed by atoms with van der Waals surface area (Å²) in [7, 11) is 3.01. The number of hydrogen-bond acceptors (Lipinski definition) is 1. The predicted molar refractivity (Wildman–Crippen MR) is 68.8 cm³/mol. The Morgan fingerprint density at radius 1 is 1.23 bits per heavy atom. The second kappa shape index (κ2) is 4.49. The zero-order valence-corrected chi connectivity index (χ0v) is 9.73. The summed E-state index contributed by atoms with van der Waals surface area (Å²) in [5.41, 5.74) is 1.47. The van der Waals surface area contributed by atoms with E-state index in [1.165, 1.54) is 32.6 Å². The van der Waals surface area contributed by atoms with Gasteiger partial charge in [0.05, 0.1) is 0 Å². The molecule has 2 atom stereocenters. The lowest BCUT2D eigenvalue weighted by Gasteiger charge is -2.07. The molecular weight excluding hydrogens is 216 g/mol. The van der Waals surface area contributed by atoms with E-state index in [0.717, 1.165) is 0 Å². The highest BCUT2D eigenvalue weighted by Crippen LogP contribution is 2.25. The molecule has 3 heteroatoms. The molecule has 1 aliphatic heterocycles. The Morgan fingerprint density at radius 3 is 2.62 bits per heavy atom. The standard InChI is InChI=1S/C10H12S3/c11-7-9-6-10(13-12-9)8-4-2-1-3-5-8/h1-5,7,9-10,12-13H,6H2. The Balaban J connectivity index is 2.14. The molecule has 0 nitrogen and oxygen atoms in total. The van der Waals surface area contributed by atoms with E-state index < -0.39 is 0 Å². The van der Waals surface area contributed by atoms with Crippen molar-refractivity contribution in [2.75, 3.05) is 0 Å². The molecule has 1 aliphatic rings. The highest BCUT2D eigenvalue weighted by Gasteiger charge is 2.17. The van der Waals surface area contributed by atoms with E-state index in [1.807, 2.05) is 5.37 Å². The maximum atomic E-state index is 4.98. The molecule has 2 unspecified atom stereocenters. The van der Waals surface area contributed by atoms with Crippen LogP contribution in [0.15, 0.2) is 30.3 Å². The van der Waals surface area contributed by atoms with Crippen molar-refractivity contribution in [3.05, 3.63) is 35.9 Å². The van der Waals surface area contributed by atoms with Crippen LogP contribution >= 0.6 is 12.2 Å². The van der Waals surface area contributed by atoms with E-state index in [9.17, 15) is 0 Å². The quantitative estimate of drug-likeness (QED) is 0.577. The molecule has 0 aromatic heterocycles. The normalized spacial score (nSPS) is 27.4. The highest BCUT2D eigenvalue weighted by molar-refractivity contribution is 8.27. The van der Waals surface area contributed by atoms with Crippen LogP contribution in [0.25, 0.3) is 0 Å². The summed E-state index contributed by atoms with van der Waals surface area (Å²) in [6.45, 7) is 0. The van der Waals surface area contributed by atoms with Crippen LogP contribution in [0.3, 0.4) is 0 Å². The zero-order chi connectivity index (χ0) is 9.10. The molecule has 1 aromatic carbocycles. The topological polar surface area (TPSA) is 0 Å². The van der Waals surface area contributed by atoms with Crippen molar-refractivity contribution in [3.63, 3.8) is 0 Å². The molecule has 0 radical (unpaired) electrons. The maximum Gasteiger partial charge on any atom is 0.0314 e. The largest absolute Gasteiger partial charge is 0.171 e. The van der Waals surface area contributed by atoms with Crippen LogP contribution in [0.2, 0.25) is 0 Å². The van der Waals surface area contributed by atoms with E-state index in [-0.39, 0.29) is 0 Å². The molecule has 0 bridgehead atoms. The molecule has 0 amide bonds. The minimum absolute atomic E-state index is 0.641. The van der Waals surface area contributed by atoms with Gasteiger partial charge < -0.3 is 0 Å². The summed E-state index contributed by atoms with van der Waals surface area (Å²) in [4.78, 5) is 0. The van der Waals surface area contributed by atoms with Gasteiger partial charge in [0.1, 0.15) is 0 Å². The number of hydrogen-bond donors (Lipinski definition) is 2. The number of thiol groups is 2. The maximum absolute atomic E-state index is 4.98. The van der Waals surface area contributed by atoms with Crippen molar-refractivity contribution in [1.82, 2.24) is 0 Å². The van der Waals surface area contributed by atoms with Gasteiger partial charge in [0, 0.05) is 10.5 Å². The van der Waals surface area contributed by atoms with Gasteiger partial charge in [-0.1, -0.05) is 42.5 Å². The van der Waals surface area contributed by atoms with Crippen molar-refractivity contribution in [1.29, 1.82) is 0 Å². The van der Waals surface area contributed by atoms with Crippen LogP contribution in [-0.2, 0) is 20.6 Å². The summed E-state index contributed by atoms with van der Waals surface area (Å²) in [6.07, 6.45) is 1.23. The average Bonchev–Trinajstić information content (AvgIpc) is 2.67. The van der Waals surface area contributed by atoms with E-state index in [1.54, 1.807) is 0 Å². The van der Waals surface area contributed by atoms with Crippen LogP contribution in [0.4, 0.5) is 0 Å².